The topological polar surface area (TPSA) is 38.5 Å². The Kier molecular flexibility index (Phi) is 8.21. The molecule has 2 N–H and O–H groups in total. The molecule has 2 aromatic heterocycles. The highest BCUT2D eigenvalue weighted by Crippen LogP contribution is 2.28. The molecule has 2 heterocycles. The van der Waals surface area contributed by atoms with Gasteiger partial charge in [-0.15, -0.1) is 11.3 Å². The Morgan fingerprint density at radius 3 is 2.73 bits per heavy atom. The zero-order valence-electron chi connectivity index (χ0n) is 18.8. The first-order valence-electron chi connectivity index (χ1n) is 11.1. The van der Waals surface area contributed by atoms with Gasteiger partial charge in [-0.1, -0.05) is 37.0 Å². The molecule has 0 radical (unpaired) electrons. The second kappa shape index (κ2) is 11.7. The molecular formula is C28H28N2OS2. The first-order valence-corrected chi connectivity index (χ1v) is 12.9. The summed E-state index contributed by atoms with van der Waals surface area (Å²) in [5, 5.41) is 6.49. The standard InChI is InChI=1S/C28H28N2OS2/c1-2-12-30(13-5-8-22-6-3-9-26(29)15-22)18-23-7-4-10-27(16-23)31-19-28-17-25(21-33-28)24-11-14-32-20-24/h3-4,6-7,9-11,14-17,20-21H,2,12-13,18-19,29H2,1H3. The van der Waals surface area contributed by atoms with Gasteiger partial charge in [0.15, 0.2) is 0 Å². The van der Waals surface area contributed by atoms with Crippen molar-refractivity contribution in [1.82, 2.24) is 4.90 Å². The molecule has 0 saturated carbocycles. The van der Waals surface area contributed by atoms with E-state index in [1.165, 1.54) is 21.6 Å². The van der Waals surface area contributed by atoms with Crippen molar-refractivity contribution in [3.05, 3.63) is 92.8 Å². The molecule has 0 bridgehead atoms. The molecule has 2 aromatic carbocycles. The summed E-state index contributed by atoms with van der Waals surface area (Å²) < 4.78 is 6.11. The largest absolute Gasteiger partial charge is 0.488 e. The van der Waals surface area contributed by atoms with Crippen LogP contribution < -0.4 is 10.5 Å². The van der Waals surface area contributed by atoms with Crippen LogP contribution in [-0.2, 0) is 13.2 Å². The average molecular weight is 473 g/mol. The fourth-order valence-corrected chi connectivity index (χ4v) is 5.05. The van der Waals surface area contributed by atoms with E-state index in [0.717, 1.165) is 36.5 Å². The summed E-state index contributed by atoms with van der Waals surface area (Å²) in [5.74, 6) is 7.43. The van der Waals surface area contributed by atoms with Gasteiger partial charge in [-0.2, -0.15) is 11.3 Å². The number of nitrogens with two attached hydrogens (primary N) is 1. The van der Waals surface area contributed by atoms with Gasteiger partial charge in [-0.25, -0.2) is 0 Å². The molecule has 0 fully saturated rings. The molecule has 168 valence electrons. The summed E-state index contributed by atoms with van der Waals surface area (Å²) >= 11 is 3.47. The number of thiophene rings is 2. The zero-order chi connectivity index (χ0) is 22.9. The number of ether oxygens (including phenoxy) is 1. The van der Waals surface area contributed by atoms with Crippen molar-refractivity contribution in [2.75, 3.05) is 18.8 Å². The molecule has 5 heteroatoms. The third kappa shape index (κ3) is 6.97. The molecular weight excluding hydrogens is 444 g/mol. The highest BCUT2D eigenvalue weighted by atomic mass is 32.1. The number of rotatable bonds is 9. The van der Waals surface area contributed by atoms with E-state index in [-0.39, 0.29) is 0 Å². The van der Waals surface area contributed by atoms with Gasteiger partial charge >= 0.3 is 0 Å². The van der Waals surface area contributed by atoms with Crippen LogP contribution >= 0.6 is 22.7 Å². The maximum atomic E-state index is 6.11. The van der Waals surface area contributed by atoms with E-state index < -0.39 is 0 Å². The molecule has 0 atom stereocenters. The Morgan fingerprint density at radius 1 is 1.00 bits per heavy atom. The highest BCUT2D eigenvalue weighted by molar-refractivity contribution is 7.10. The lowest BCUT2D eigenvalue weighted by atomic mass is 10.2. The highest BCUT2D eigenvalue weighted by Gasteiger charge is 2.07. The normalized spacial score (nSPS) is 10.7. The second-order valence-corrected chi connectivity index (χ2v) is 9.66. The lowest BCUT2D eigenvalue weighted by molar-refractivity contribution is 0.294. The van der Waals surface area contributed by atoms with Gasteiger partial charge in [0.2, 0.25) is 0 Å². The third-order valence-corrected chi connectivity index (χ3v) is 6.75. The van der Waals surface area contributed by atoms with Crippen molar-refractivity contribution >= 4 is 28.4 Å². The smallest absolute Gasteiger partial charge is 0.122 e. The van der Waals surface area contributed by atoms with Crippen molar-refractivity contribution in [1.29, 1.82) is 0 Å². The van der Waals surface area contributed by atoms with Crippen molar-refractivity contribution < 1.29 is 4.74 Å². The van der Waals surface area contributed by atoms with Crippen LogP contribution in [-0.4, -0.2) is 18.0 Å². The molecule has 0 aliphatic rings. The fraction of sp³-hybridized carbons (Fsp3) is 0.214. The van der Waals surface area contributed by atoms with Crippen molar-refractivity contribution in [2.24, 2.45) is 0 Å². The molecule has 3 nitrogen and oxygen atoms in total. The molecule has 0 spiro atoms. The maximum Gasteiger partial charge on any atom is 0.122 e. The number of hydrogen-bond donors (Lipinski definition) is 1. The predicted octanol–water partition coefficient (Wildman–Crippen LogP) is 6.90. The average Bonchev–Trinajstić information content (AvgIpc) is 3.50. The summed E-state index contributed by atoms with van der Waals surface area (Å²) in [6.07, 6.45) is 1.08. The van der Waals surface area contributed by atoms with Crippen LogP contribution in [0.5, 0.6) is 5.75 Å². The minimum Gasteiger partial charge on any atom is -0.488 e. The monoisotopic (exact) mass is 472 g/mol. The Morgan fingerprint density at radius 2 is 1.91 bits per heavy atom. The molecule has 0 aliphatic heterocycles. The summed E-state index contributed by atoms with van der Waals surface area (Å²) in [6, 6.07) is 20.5. The van der Waals surface area contributed by atoms with Gasteiger partial charge in [-0.3, -0.25) is 4.90 Å². The summed E-state index contributed by atoms with van der Waals surface area (Å²) in [7, 11) is 0. The molecule has 0 saturated heterocycles. The van der Waals surface area contributed by atoms with E-state index in [9.17, 15) is 0 Å². The third-order valence-electron chi connectivity index (χ3n) is 5.16. The number of anilines is 1. The van der Waals surface area contributed by atoms with Gasteiger partial charge in [0.05, 0.1) is 6.54 Å². The molecule has 4 aromatic rings. The summed E-state index contributed by atoms with van der Waals surface area (Å²) in [4.78, 5) is 3.59. The minimum atomic E-state index is 0.586. The zero-order valence-corrected chi connectivity index (χ0v) is 20.4. The number of hydrogen-bond acceptors (Lipinski definition) is 5. The number of nitrogen functional groups attached to an aromatic ring is 1. The quantitative estimate of drug-likeness (QED) is 0.213. The summed E-state index contributed by atoms with van der Waals surface area (Å²) in [5.41, 5.74) is 11.3. The van der Waals surface area contributed by atoms with Gasteiger partial charge in [0.25, 0.3) is 0 Å². The second-order valence-electron chi connectivity index (χ2n) is 7.89. The van der Waals surface area contributed by atoms with Crippen molar-refractivity contribution in [3.63, 3.8) is 0 Å². The van der Waals surface area contributed by atoms with Gasteiger partial charge in [0.1, 0.15) is 12.4 Å². The Bertz CT molecular complexity index is 1220. The maximum absolute atomic E-state index is 6.11. The molecule has 0 aliphatic carbocycles. The predicted molar refractivity (Wildman–Crippen MR) is 142 cm³/mol. The first kappa shape index (κ1) is 23.1. The SMILES string of the molecule is CCCN(CC#Cc1cccc(N)c1)Cc1cccc(OCc2cc(-c3ccsc3)cs2)c1. The Balaban J connectivity index is 1.34. The Labute approximate surface area is 204 Å². The lowest BCUT2D eigenvalue weighted by Gasteiger charge is -2.19. The molecule has 0 unspecified atom stereocenters. The van der Waals surface area contributed by atoms with Gasteiger partial charge in [0, 0.05) is 22.7 Å². The summed E-state index contributed by atoms with van der Waals surface area (Å²) in [6.45, 7) is 5.34. The van der Waals surface area contributed by atoms with Crippen LogP contribution in [0.3, 0.4) is 0 Å². The number of benzene rings is 2. The van der Waals surface area contributed by atoms with Crippen LogP contribution in [0.15, 0.2) is 76.8 Å². The first-order chi connectivity index (χ1) is 16.2. The van der Waals surface area contributed by atoms with Crippen LogP contribution in [0.2, 0.25) is 0 Å². The molecule has 33 heavy (non-hydrogen) atoms. The van der Waals surface area contributed by atoms with E-state index in [0.29, 0.717) is 13.2 Å². The lowest BCUT2D eigenvalue weighted by Crippen LogP contribution is -2.24. The van der Waals surface area contributed by atoms with Gasteiger partial charge < -0.3 is 10.5 Å². The van der Waals surface area contributed by atoms with E-state index in [4.69, 9.17) is 10.5 Å². The van der Waals surface area contributed by atoms with Crippen LogP contribution in [0, 0.1) is 11.8 Å². The van der Waals surface area contributed by atoms with E-state index in [1.807, 2.05) is 30.3 Å². The Hall–Kier alpha value is -3.04. The van der Waals surface area contributed by atoms with Gasteiger partial charge in [-0.05, 0) is 88.3 Å². The fourth-order valence-electron chi connectivity index (χ4n) is 3.58. The molecule has 4 rings (SSSR count). The van der Waals surface area contributed by atoms with Crippen LogP contribution in [0.4, 0.5) is 5.69 Å². The van der Waals surface area contributed by atoms with E-state index in [1.54, 1.807) is 22.7 Å². The van der Waals surface area contributed by atoms with Crippen LogP contribution in [0.25, 0.3) is 11.1 Å². The van der Waals surface area contributed by atoms with Crippen molar-refractivity contribution in [2.45, 2.75) is 26.5 Å². The molecule has 0 amide bonds. The van der Waals surface area contributed by atoms with Crippen molar-refractivity contribution in [3.8, 4) is 28.7 Å². The van der Waals surface area contributed by atoms with E-state index >= 15 is 0 Å². The number of nitrogens with zero attached hydrogens (tertiary/aromatic N) is 1. The van der Waals surface area contributed by atoms with Crippen LogP contribution in [0.1, 0.15) is 29.3 Å². The van der Waals surface area contributed by atoms with E-state index in [2.05, 4.69) is 70.1 Å². The minimum absolute atomic E-state index is 0.586.